The summed E-state index contributed by atoms with van der Waals surface area (Å²) in [7, 11) is 1.88. The Balaban J connectivity index is 1.58. The van der Waals surface area contributed by atoms with E-state index in [4.69, 9.17) is 0 Å². The molecule has 1 aliphatic rings. The number of rotatable bonds is 5. The third-order valence-corrected chi connectivity index (χ3v) is 4.44. The van der Waals surface area contributed by atoms with E-state index in [0.717, 1.165) is 43.4 Å². The van der Waals surface area contributed by atoms with Crippen molar-refractivity contribution in [1.29, 1.82) is 0 Å². The number of amides is 1. The molecule has 0 spiro atoms. The normalized spacial score (nSPS) is 17.7. The van der Waals surface area contributed by atoms with Crippen LogP contribution in [-0.4, -0.2) is 33.2 Å². The number of halogens is 1. The van der Waals surface area contributed by atoms with E-state index < -0.39 is 0 Å². The largest absolute Gasteiger partial charge is 0.339 e. The lowest BCUT2D eigenvalue weighted by Crippen LogP contribution is -2.36. The Labute approximate surface area is 135 Å². The van der Waals surface area contributed by atoms with Gasteiger partial charge in [0.2, 0.25) is 5.91 Å². The Bertz CT molecular complexity index is 682. The van der Waals surface area contributed by atoms with Crippen LogP contribution in [0.25, 0.3) is 0 Å². The fraction of sp³-hybridized carbons (Fsp3) is 0.444. The van der Waals surface area contributed by atoms with Crippen LogP contribution in [0.15, 0.2) is 36.7 Å². The van der Waals surface area contributed by atoms with E-state index in [1.165, 1.54) is 6.07 Å². The molecule has 1 fully saturated rings. The minimum absolute atomic E-state index is 0.188. The molecule has 1 aromatic carbocycles. The van der Waals surface area contributed by atoms with Crippen LogP contribution in [-0.2, 0) is 24.7 Å². The van der Waals surface area contributed by atoms with Gasteiger partial charge in [0.1, 0.15) is 5.82 Å². The number of nitrogens with zero attached hydrogens (tertiary/aromatic N) is 3. The maximum atomic E-state index is 13.3. The minimum Gasteiger partial charge on any atom is -0.339 e. The molecule has 1 amide bonds. The molecule has 4 nitrogen and oxygen atoms in total. The number of aryl methyl sites for hydroxylation is 2. The first-order chi connectivity index (χ1) is 11.1. The Hall–Kier alpha value is -2.17. The van der Waals surface area contributed by atoms with Gasteiger partial charge in [-0.3, -0.25) is 9.48 Å². The van der Waals surface area contributed by atoms with Crippen LogP contribution < -0.4 is 0 Å². The highest BCUT2D eigenvalue weighted by atomic mass is 19.1. The second kappa shape index (κ2) is 6.94. The number of hydrogen-bond donors (Lipinski definition) is 0. The fourth-order valence-electron chi connectivity index (χ4n) is 3.31. The first kappa shape index (κ1) is 15.7. The van der Waals surface area contributed by atoms with Crippen molar-refractivity contribution in [3.8, 4) is 0 Å². The van der Waals surface area contributed by atoms with Gasteiger partial charge in [0.15, 0.2) is 0 Å². The molecule has 1 aliphatic heterocycles. The summed E-state index contributed by atoms with van der Waals surface area (Å²) < 4.78 is 15.1. The molecule has 1 aromatic heterocycles. The fourth-order valence-corrected chi connectivity index (χ4v) is 3.31. The number of carbonyl (C=O) groups is 1. The highest BCUT2D eigenvalue weighted by Gasteiger charge is 2.28. The molecule has 0 saturated carbocycles. The van der Waals surface area contributed by atoms with Crippen molar-refractivity contribution in [2.75, 3.05) is 6.54 Å². The van der Waals surface area contributed by atoms with E-state index in [1.54, 1.807) is 16.8 Å². The van der Waals surface area contributed by atoms with Crippen molar-refractivity contribution in [3.05, 3.63) is 53.6 Å². The van der Waals surface area contributed by atoms with Crippen LogP contribution >= 0.6 is 0 Å². The van der Waals surface area contributed by atoms with E-state index in [2.05, 4.69) is 5.10 Å². The number of hydrogen-bond acceptors (Lipinski definition) is 2. The number of benzene rings is 1. The predicted octanol–water partition coefficient (Wildman–Crippen LogP) is 2.73. The minimum atomic E-state index is -0.213. The Morgan fingerprint density at radius 2 is 2.26 bits per heavy atom. The van der Waals surface area contributed by atoms with Gasteiger partial charge in [-0.1, -0.05) is 12.1 Å². The average Bonchev–Trinajstić information content (AvgIpc) is 3.14. The lowest BCUT2D eigenvalue weighted by molar-refractivity contribution is -0.131. The summed E-state index contributed by atoms with van der Waals surface area (Å²) in [6.07, 6.45) is 7.73. The molecule has 3 rings (SSSR count). The van der Waals surface area contributed by atoms with Crippen LogP contribution in [0.2, 0.25) is 0 Å². The van der Waals surface area contributed by atoms with Crippen molar-refractivity contribution in [1.82, 2.24) is 14.7 Å². The Kier molecular flexibility index (Phi) is 4.74. The quantitative estimate of drug-likeness (QED) is 0.851. The molecule has 0 bridgehead atoms. The van der Waals surface area contributed by atoms with E-state index in [0.29, 0.717) is 6.42 Å². The van der Waals surface area contributed by atoms with Gasteiger partial charge in [-0.25, -0.2) is 4.39 Å². The molecule has 0 aliphatic carbocycles. The van der Waals surface area contributed by atoms with E-state index in [9.17, 15) is 9.18 Å². The van der Waals surface area contributed by atoms with Gasteiger partial charge in [-0.05, 0) is 48.9 Å². The average molecular weight is 315 g/mol. The maximum Gasteiger partial charge on any atom is 0.223 e. The van der Waals surface area contributed by atoms with Gasteiger partial charge in [0.25, 0.3) is 0 Å². The molecule has 2 aromatic rings. The Morgan fingerprint density at radius 1 is 1.39 bits per heavy atom. The molecule has 5 heteroatoms. The summed E-state index contributed by atoms with van der Waals surface area (Å²) in [6, 6.07) is 6.87. The van der Waals surface area contributed by atoms with Crippen LogP contribution in [0.5, 0.6) is 0 Å². The molecule has 122 valence electrons. The van der Waals surface area contributed by atoms with Gasteiger partial charge in [-0.15, -0.1) is 0 Å². The van der Waals surface area contributed by atoms with Crippen molar-refractivity contribution < 1.29 is 9.18 Å². The van der Waals surface area contributed by atoms with Gasteiger partial charge in [0.05, 0.1) is 6.20 Å². The summed E-state index contributed by atoms with van der Waals surface area (Å²) in [5, 5.41) is 4.13. The molecule has 1 atom stereocenters. The standard InChI is InChI=1S/C18H22FN3O/c1-21-13-15(12-20-21)7-8-18(23)22-9-3-6-17(22)11-14-4-2-5-16(19)10-14/h2,4-5,10,12-13,17H,3,6-9,11H2,1H3. The highest BCUT2D eigenvalue weighted by Crippen LogP contribution is 2.22. The predicted molar refractivity (Wildman–Crippen MR) is 86.4 cm³/mol. The lowest BCUT2D eigenvalue weighted by Gasteiger charge is -2.25. The Morgan fingerprint density at radius 3 is 3.00 bits per heavy atom. The third kappa shape index (κ3) is 3.97. The topological polar surface area (TPSA) is 38.1 Å². The van der Waals surface area contributed by atoms with Crippen molar-refractivity contribution >= 4 is 5.91 Å². The summed E-state index contributed by atoms with van der Waals surface area (Å²) in [5.74, 6) is -0.0253. The van der Waals surface area contributed by atoms with Gasteiger partial charge in [0, 0.05) is 32.3 Å². The van der Waals surface area contributed by atoms with E-state index in [1.807, 2.05) is 30.4 Å². The third-order valence-electron chi connectivity index (χ3n) is 4.44. The molecule has 1 unspecified atom stereocenters. The second-order valence-electron chi connectivity index (χ2n) is 6.24. The molecule has 0 radical (unpaired) electrons. The second-order valence-corrected chi connectivity index (χ2v) is 6.24. The van der Waals surface area contributed by atoms with Crippen molar-refractivity contribution in [2.24, 2.45) is 7.05 Å². The van der Waals surface area contributed by atoms with Gasteiger partial charge in [-0.2, -0.15) is 5.10 Å². The first-order valence-corrected chi connectivity index (χ1v) is 8.13. The molecule has 23 heavy (non-hydrogen) atoms. The molecule has 2 heterocycles. The monoisotopic (exact) mass is 315 g/mol. The van der Waals surface area contributed by atoms with Crippen LogP contribution in [0.4, 0.5) is 4.39 Å². The van der Waals surface area contributed by atoms with Crippen LogP contribution in [0, 0.1) is 5.82 Å². The number of aromatic nitrogens is 2. The molecular weight excluding hydrogens is 293 g/mol. The molecule has 0 N–H and O–H groups in total. The summed E-state index contributed by atoms with van der Waals surface area (Å²) in [5.41, 5.74) is 2.05. The van der Waals surface area contributed by atoms with E-state index in [-0.39, 0.29) is 17.8 Å². The maximum absolute atomic E-state index is 13.3. The van der Waals surface area contributed by atoms with Crippen molar-refractivity contribution in [3.63, 3.8) is 0 Å². The lowest BCUT2D eigenvalue weighted by atomic mass is 10.0. The van der Waals surface area contributed by atoms with Crippen molar-refractivity contribution in [2.45, 2.75) is 38.1 Å². The number of carbonyl (C=O) groups excluding carboxylic acids is 1. The highest BCUT2D eigenvalue weighted by molar-refractivity contribution is 5.77. The SMILES string of the molecule is Cn1cc(CCC(=O)N2CCCC2Cc2cccc(F)c2)cn1. The van der Waals surface area contributed by atoms with Gasteiger partial charge >= 0.3 is 0 Å². The molecular formula is C18H22FN3O. The summed E-state index contributed by atoms with van der Waals surface area (Å²) >= 11 is 0. The zero-order valence-corrected chi connectivity index (χ0v) is 13.4. The number of likely N-dealkylation sites (tertiary alicyclic amines) is 1. The van der Waals surface area contributed by atoms with E-state index >= 15 is 0 Å². The van der Waals surface area contributed by atoms with Crippen LogP contribution in [0.3, 0.4) is 0 Å². The first-order valence-electron chi connectivity index (χ1n) is 8.13. The van der Waals surface area contributed by atoms with Gasteiger partial charge < -0.3 is 4.90 Å². The zero-order chi connectivity index (χ0) is 16.2. The zero-order valence-electron chi connectivity index (χ0n) is 13.4. The summed E-state index contributed by atoms with van der Waals surface area (Å²) in [6.45, 7) is 0.811. The van der Waals surface area contributed by atoms with Crippen LogP contribution in [0.1, 0.15) is 30.4 Å². The smallest absolute Gasteiger partial charge is 0.223 e. The summed E-state index contributed by atoms with van der Waals surface area (Å²) in [4.78, 5) is 14.5. The molecule has 1 saturated heterocycles.